The van der Waals surface area contributed by atoms with Crippen LogP contribution in [-0.4, -0.2) is 66.8 Å². The number of hydrogen-bond donors (Lipinski definition) is 1. The average Bonchev–Trinajstić information content (AvgIpc) is 2.96. The number of carbonyl (C=O) groups is 1. The van der Waals surface area contributed by atoms with Gasteiger partial charge < -0.3 is 14.6 Å². The van der Waals surface area contributed by atoms with Crippen molar-refractivity contribution in [2.45, 2.75) is 0 Å². The number of fused-ring (bicyclic) bond motifs is 1. The Morgan fingerprint density at radius 1 is 1.29 bits per heavy atom. The molecule has 130 valence electrons. The van der Waals surface area contributed by atoms with E-state index in [1.165, 1.54) is 4.31 Å². The van der Waals surface area contributed by atoms with Crippen molar-refractivity contribution >= 4 is 27.0 Å². The molecule has 2 aromatic heterocycles. The number of hydrogen-bond acceptors (Lipinski definition) is 5. The van der Waals surface area contributed by atoms with E-state index in [2.05, 4.69) is 10.3 Å². The molecule has 0 bridgehead atoms. The van der Waals surface area contributed by atoms with Gasteiger partial charge in [0, 0.05) is 38.3 Å². The molecule has 1 aliphatic rings. The largest absolute Gasteiger partial charge is 0.379 e. The van der Waals surface area contributed by atoms with Crippen LogP contribution in [0.1, 0.15) is 10.5 Å². The maximum atomic E-state index is 12.2. The van der Waals surface area contributed by atoms with Gasteiger partial charge in [-0.3, -0.25) is 4.79 Å². The van der Waals surface area contributed by atoms with Gasteiger partial charge in [-0.2, -0.15) is 4.31 Å². The lowest BCUT2D eigenvalue weighted by molar-refractivity contribution is 0.0730. The maximum Gasteiger partial charge on any atom is 0.270 e. The summed E-state index contributed by atoms with van der Waals surface area (Å²) in [5.41, 5.74) is 0.983. The summed E-state index contributed by atoms with van der Waals surface area (Å²) >= 11 is 0. The number of morpholine rings is 1. The van der Waals surface area contributed by atoms with Gasteiger partial charge in [0.05, 0.1) is 19.0 Å². The second kappa shape index (κ2) is 6.88. The highest BCUT2D eigenvalue weighted by molar-refractivity contribution is 7.89. The van der Waals surface area contributed by atoms with Gasteiger partial charge in [0.25, 0.3) is 5.91 Å². The van der Waals surface area contributed by atoms with Gasteiger partial charge in [0.2, 0.25) is 10.0 Å². The molecule has 2 aromatic rings. The van der Waals surface area contributed by atoms with Crippen molar-refractivity contribution < 1.29 is 17.9 Å². The highest BCUT2D eigenvalue weighted by atomic mass is 32.2. The molecule has 3 rings (SSSR count). The van der Waals surface area contributed by atoms with E-state index in [9.17, 15) is 13.2 Å². The minimum atomic E-state index is -3.38. The number of pyridine rings is 1. The molecular weight excluding hydrogens is 332 g/mol. The van der Waals surface area contributed by atoms with Gasteiger partial charge in [-0.25, -0.2) is 13.4 Å². The molecule has 3 heterocycles. The fourth-order valence-corrected chi connectivity index (χ4v) is 3.92. The number of nitrogens with zero attached hydrogens (tertiary/aromatic N) is 3. The summed E-state index contributed by atoms with van der Waals surface area (Å²) in [7, 11) is -1.53. The molecule has 24 heavy (non-hydrogen) atoms. The maximum absolute atomic E-state index is 12.2. The first-order valence-electron chi connectivity index (χ1n) is 7.73. The number of nitrogens with one attached hydrogen (secondary N) is 1. The minimum Gasteiger partial charge on any atom is -0.379 e. The number of aromatic nitrogens is 2. The molecule has 1 fully saturated rings. The highest BCUT2D eigenvalue weighted by Crippen LogP contribution is 2.12. The third-order valence-electron chi connectivity index (χ3n) is 3.96. The summed E-state index contributed by atoms with van der Waals surface area (Å²) in [6.45, 7) is 1.59. The summed E-state index contributed by atoms with van der Waals surface area (Å²) in [6.07, 6.45) is 1.87. The predicted octanol–water partition coefficient (Wildman–Crippen LogP) is -0.0349. The van der Waals surface area contributed by atoms with Crippen molar-refractivity contribution in [2.75, 3.05) is 38.6 Å². The Labute approximate surface area is 140 Å². The Hall–Kier alpha value is -1.97. The summed E-state index contributed by atoms with van der Waals surface area (Å²) in [5, 5.41) is 3.57. The predicted molar refractivity (Wildman–Crippen MR) is 89.2 cm³/mol. The van der Waals surface area contributed by atoms with Crippen LogP contribution < -0.4 is 5.32 Å². The Morgan fingerprint density at radius 2 is 2.04 bits per heavy atom. The topological polar surface area (TPSA) is 93.5 Å². The number of sulfonamides is 1. The van der Waals surface area contributed by atoms with Gasteiger partial charge >= 0.3 is 0 Å². The molecule has 0 aliphatic carbocycles. The summed E-state index contributed by atoms with van der Waals surface area (Å²) in [4.78, 5) is 16.5. The molecule has 8 nitrogen and oxygen atoms in total. The lowest BCUT2D eigenvalue weighted by Crippen LogP contribution is -2.43. The monoisotopic (exact) mass is 352 g/mol. The number of amides is 1. The van der Waals surface area contributed by atoms with Crippen molar-refractivity contribution in [1.29, 1.82) is 0 Å². The lowest BCUT2D eigenvalue weighted by atomic mass is 10.3. The number of carbonyl (C=O) groups excluding carboxylic acids is 1. The molecule has 0 unspecified atom stereocenters. The summed E-state index contributed by atoms with van der Waals surface area (Å²) in [6, 6.07) is 5.37. The quantitative estimate of drug-likeness (QED) is 0.815. The molecule has 1 aliphatic heterocycles. The minimum absolute atomic E-state index is 0.0470. The van der Waals surface area contributed by atoms with E-state index in [1.807, 2.05) is 29.9 Å². The van der Waals surface area contributed by atoms with Crippen molar-refractivity contribution in [1.82, 2.24) is 19.2 Å². The number of ether oxygens (including phenoxy) is 1. The Balaban J connectivity index is 1.59. The SMILES string of the molecule is Cn1ccc2ccc(C(=O)NCCS(=O)(=O)N3CCOCC3)nc21. The second-order valence-corrected chi connectivity index (χ2v) is 7.71. The average molecular weight is 352 g/mol. The zero-order valence-electron chi connectivity index (χ0n) is 13.4. The van der Waals surface area contributed by atoms with E-state index in [0.29, 0.717) is 32.0 Å². The zero-order chi connectivity index (χ0) is 17.2. The fraction of sp³-hybridized carbons (Fsp3) is 0.467. The summed E-state index contributed by atoms with van der Waals surface area (Å²) < 4.78 is 32.8. The molecule has 1 amide bonds. The van der Waals surface area contributed by atoms with Crippen LogP contribution >= 0.6 is 0 Å². The van der Waals surface area contributed by atoms with Crippen LogP contribution in [0.2, 0.25) is 0 Å². The molecular formula is C15H20N4O4S. The van der Waals surface area contributed by atoms with Crippen molar-refractivity contribution in [3.8, 4) is 0 Å². The van der Waals surface area contributed by atoms with E-state index in [0.717, 1.165) is 5.39 Å². The Morgan fingerprint density at radius 3 is 2.79 bits per heavy atom. The molecule has 0 atom stereocenters. The molecule has 1 N–H and O–H groups in total. The van der Waals surface area contributed by atoms with Crippen LogP contribution in [0.4, 0.5) is 0 Å². The Bertz CT molecular complexity index is 840. The van der Waals surface area contributed by atoms with Crippen molar-refractivity contribution in [2.24, 2.45) is 7.05 Å². The van der Waals surface area contributed by atoms with Gasteiger partial charge in [0.15, 0.2) is 0 Å². The first-order valence-corrected chi connectivity index (χ1v) is 9.34. The smallest absolute Gasteiger partial charge is 0.270 e. The van der Waals surface area contributed by atoms with E-state index in [4.69, 9.17) is 4.74 Å². The third-order valence-corrected chi connectivity index (χ3v) is 5.83. The van der Waals surface area contributed by atoms with Crippen molar-refractivity contribution in [3.05, 3.63) is 30.1 Å². The zero-order valence-corrected chi connectivity index (χ0v) is 14.3. The molecule has 1 saturated heterocycles. The van der Waals surface area contributed by atoms with E-state index >= 15 is 0 Å². The van der Waals surface area contributed by atoms with Crippen LogP contribution in [0, 0.1) is 0 Å². The second-order valence-electron chi connectivity index (χ2n) is 5.62. The van der Waals surface area contributed by atoms with Crippen LogP contribution in [0.5, 0.6) is 0 Å². The van der Waals surface area contributed by atoms with Gasteiger partial charge in [-0.15, -0.1) is 0 Å². The lowest BCUT2D eigenvalue weighted by Gasteiger charge is -2.26. The van der Waals surface area contributed by atoms with E-state index in [1.54, 1.807) is 6.07 Å². The fourth-order valence-electron chi connectivity index (χ4n) is 2.60. The molecule has 0 radical (unpaired) electrons. The molecule has 0 spiro atoms. The first kappa shape index (κ1) is 16.9. The van der Waals surface area contributed by atoms with E-state index in [-0.39, 0.29) is 23.9 Å². The van der Waals surface area contributed by atoms with E-state index < -0.39 is 10.0 Å². The molecule has 0 aromatic carbocycles. The van der Waals surface area contributed by atoms with Gasteiger partial charge in [0.1, 0.15) is 11.3 Å². The molecule has 9 heteroatoms. The molecule has 0 saturated carbocycles. The number of rotatable bonds is 5. The van der Waals surface area contributed by atoms with Crippen molar-refractivity contribution in [3.63, 3.8) is 0 Å². The van der Waals surface area contributed by atoms with Crippen LogP contribution in [0.15, 0.2) is 24.4 Å². The first-order chi connectivity index (χ1) is 11.5. The van der Waals surface area contributed by atoms with Gasteiger partial charge in [-0.1, -0.05) is 0 Å². The van der Waals surface area contributed by atoms with Gasteiger partial charge in [-0.05, 0) is 18.2 Å². The van der Waals surface area contributed by atoms with Crippen LogP contribution in [-0.2, 0) is 21.8 Å². The normalized spacial score (nSPS) is 16.4. The standard InChI is InChI=1S/C15H20N4O4S/c1-18-6-4-12-2-3-13(17-14(12)18)15(20)16-5-11-24(21,22)19-7-9-23-10-8-19/h2-4,6H,5,7-11H2,1H3,(H,16,20). The summed E-state index contributed by atoms with van der Waals surface area (Å²) in [5.74, 6) is -0.513. The van der Waals surface area contributed by atoms with Crippen LogP contribution in [0.3, 0.4) is 0 Å². The Kier molecular flexibility index (Phi) is 4.83. The third kappa shape index (κ3) is 3.58. The highest BCUT2D eigenvalue weighted by Gasteiger charge is 2.24. The van der Waals surface area contributed by atoms with Crippen LogP contribution in [0.25, 0.3) is 11.0 Å². The number of aryl methyl sites for hydroxylation is 1.